The molecule has 0 unspecified atom stereocenters. The average Bonchev–Trinajstić information content (AvgIpc) is 2.88. The molecule has 2 aromatic rings. The van der Waals surface area contributed by atoms with Gasteiger partial charge in [0.05, 0.1) is 12.3 Å². The maximum atomic E-state index is 5.84. The Morgan fingerprint density at radius 3 is 2.80 bits per heavy atom. The lowest BCUT2D eigenvalue weighted by atomic mass is 10.4. The maximum Gasteiger partial charge on any atom is 0.238 e. The van der Waals surface area contributed by atoms with Crippen molar-refractivity contribution in [1.82, 2.24) is 15.2 Å². The minimum atomic E-state index is 0.481. The van der Waals surface area contributed by atoms with Gasteiger partial charge in [0, 0.05) is 14.1 Å². The van der Waals surface area contributed by atoms with E-state index in [1.54, 1.807) is 6.07 Å². The largest absolute Gasteiger partial charge is 0.476 e. The summed E-state index contributed by atoms with van der Waals surface area (Å²) in [5, 5.41) is 9.88. The highest BCUT2D eigenvalue weighted by atomic mass is 32.2. The molecule has 0 aliphatic carbocycles. The zero-order valence-electron chi connectivity index (χ0n) is 11.7. The molecule has 2 aromatic heterocycles. The molecule has 2 N–H and O–H groups in total. The Hall–Kier alpha value is -1.54. The summed E-state index contributed by atoms with van der Waals surface area (Å²) >= 11 is 2.97. The SMILES string of the molecule is CCCOc1nc(Sc2nnc(N(C)C)s2)ccc1N. The summed E-state index contributed by atoms with van der Waals surface area (Å²) in [5.41, 5.74) is 6.39. The van der Waals surface area contributed by atoms with Gasteiger partial charge in [-0.1, -0.05) is 18.3 Å². The van der Waals surface area contributed by atoms with Crippen molar-refractivity contribution >= 4 is 33.9 Å². The molecule has 0 aliphatic rings. The van der Waals surface area contributed by atoms with Gasteiger partial charge >= 0.3 is 0 Å². The Kier molecular flexibility index (Phi) is 5.02. The molecule has 0 saturated heterocycles. The predicted octanol–water partition coefficient (Wildman–Crippen LogP) is 2.52. The summed E-state index contributed by atoms with van der Waals surface area (Å²) in [5.74, 6) is 0.481. The van der Waals surface area contributed by atoms with Crippen molar-refractivity contribution < 1.29 is 4.74 Å². The number of ether oxygens (including phenoxy) is 1. The van der Waals surface area contributed by atoms with Gasteiger partial charge in [0.15, 0.2) is 4.34 Å². The molecular formula is C12H17N5OS2. The van der Waals surface area contributed by atoms with E-state index in [4.69, 9.17) is 10.5 Å². The van der Waals surface area contributed by atoms with Crippen LogP contribution in [0.2, 0.25) is 0 Å². The summed E-state index contributed by atoms with van der Waals surface area (Å²) in [7, 11) is 3.88. The van der Waals surface area contributed by atoms with E-state index in [0.717, 1.165) is 20.9 Å². The van der Waals surface area contributed by atoms with Crippen LogP contribution in [-0.2, 0) is 0 Å². The molecule has 108 valence electrons. The predicted molar refractivity (Wildman–Crippen MR) is 82.8 cm³/mol. The van der Waals surface area contributed by atoms with Crippen LogP contribution in [0.25, 0.3) is 0 Å². The van der Waals surface area contributed by atoms with E-state index in [1.807, 2.05) is 32.0 Å². The lowest BCUT2D eigenvalue weighted by Gasteiger charge is -2.07. The van der Waals surface area contributed by atoms with E-state index < -0.39 is 0 Å². The number of anilines is 2. The smallest absolute Gasteiger partial charge is 0.238 e. The molecule has 2 rings (SSSR count). The number of aromatic nitrogens is 3. The van der Waals surface area contributed by atoms with E-state index >= 15 is 0 Å². The number of rotatable bonds is 6. The fraction of sp³-hybridized carbons (Fsp3) is 0.417. The Bertz CT molecular complexity index is 573. The Morgan fingerprint density at radius 2 is 2.15 bits per heavy atom. The number of pyridine rings is 1. The Morgan fingerprint density at radius 1 is 1.35 bits per heavy atom. The molecule has 0 fully saturated rings. The first-order valence-corrected chi connectivity index (χ1v) is 7.81. The summed E-state index contributed by atoms with van der Waals surface area (Å²) in [6.07, 6.45) is 0.918. The van der Waals surface area contributed by atoms with Crippen molar-refractivity contribution in [1.29, 1.82) is 0 Å². The molecule has 6 nitrogen and oxygen atoms in total. The lowest BCUT2D eigenvalue weighted by Crippen LogP contribution is -2.07. The third-order valence-corrected chi connectivity index (χ3v) is 4.36. The second kappa shape index (κ2) is 6.76. The van der Waals surface area contributed by atoms with Gasteiger partial charge in [-0.25, -0.2) is 4.98 Å². The summed E-state index contributed by atoms with van der Waals surface area (Å²) in [6, 6.07) is 3.66. The Labute approximate surface area is 126 Å². The molecular weight excluding hydrogens is 294 g/mol. The van der Waals surface area contributed by atoms with E-state index in [9.17, 15) is 0 Å². The molecule has 0 aliphatic heterocycles. The van der Waals surface area contributed by atoms with E-state index in [0.29, 0.717) is 18.2 Å². The van der Waals surface area contributed by atoms with E-state index in [-0.39, 0.29) is 0 Å². The first-order valence-electron chi connectivity index (χ1n) is 6.18. The monoisotopic (exact) mass is 311 g/mol. The number of nitrogens with two attached hydrogens (primary N) is 1. The molecule has 0 spiro atoms. The van der Waals surface area contributed by atoms with Gasteiger partial charge in [-0.05, 0) is 30.3 Å². The third-order valence-electron chi connectivity index (χ3n) is 2.28. The minimum absolute atomic E-state index is 0.481. The fourth-order valence-corrected chi connectivity index (χ4v) is 2.99. The highest BCUT2D eigenvalue weighted by Gasteiger charge is 2.10. The summed E-state index contributed by atoms with van der Waals surface area (Å²) in [4.78, 5) is 6.32. The first kappa shape index (κ1) is 14.9. The molecule has 0 aromatic carbocycles. The van der Waals surface area contributed by atoms with Gasteiger partial charge in [-0.3, -0.25) is 0 Å². The van der Waals surface area contributed by atoms with Gasteiger partial charge in [0.1, 0.15) is 5.03 Å². The van der Waals surface area contributed by atoms with Crippen LogP contribution in [0.15, 0.2) is 21.5 Å². The number of nitrogen functional groups attached to an aromatic ring is 1. The summed E-state index contributed by atoms with van der Waals surface area (Å²) in [6.45, 7) is 2.65. The second-order valence-electron chi connectivity index (χ2n) is 4.24. The quantitative estimate of drug-likeness (QED) is 0.878. The van der Waals surface area contributed by atoms with Crippen LogP contribution in [0.3, 0.4) is 0 Å². The Balaban J connectivity index is 2.12. The van der Waals surface area contributed by atoms with Crippen LogP contribution >= 0.6 is 23.1 Å². The first-order chi connectivity index (χ1) is 9.60. The van der Waals surface area contributed by atoms with Crippen molar-refractivity contribution in [2.45, 2.75) is 22.7 Å². The molecule has 0 saturated carbocycles. The average molecular weight is 311 g/mol. The van der Waals surface area contributed by atoms with Crippen LogP contribution in [-0.4, -0.2) is 35.9 Å². The number of hydrogen-bond acceptors (Lipinski definition) is 8. The minimum Gasteiger partial charge on any atom is -0.476 e. The molecule has 0 radical (unpaired) electrons. The van der Waals surface area contributed by atoms with Gasteiger partial charge < -0.3 is 15.4 Å². The van der Waals surface area contributed by atoms with Crippen LogP contribution in [0.4, 0.5) is 10.8 Å². The highest BCUT2D eigenvalue weighted by molar-refractivity contribution is 8.01. The molecule has 20 heavy (non-hydrogen) atoms. The molecule has 2 heterocycles. The molecule has 8 heteroatoms. The molecule has 0 bridgehead atoms. The lowest BCUT2D eigenvalue weighted by molar-refractivity contribution is 0.305. The third kappa shape index (κ3) is 3.73. The number of nitrogens with zero attached hydrogens (tertiary/aromatic N) is 4. The van der Waals surface area contributed by atoms with Crippen molar-refractivity contribution in [3.8, 4) is 5.88 Å². The van der Waals surface area contributed by atoms with Gasteiger partial charge in [0.25, 0.3) is 0 Å². The fourth-order valence-electron chi connectivity index (χ4n) is 1.32. The van der Waals surface area contributed by atoms with Crippen LogP contribution < -0.4 is 15.4 Å². The van der Waals surface area contributed by atoms with Crippen molar-refractivity contribution in [3.63, 3.8) is 0 Å². The number of hydrogen-bond donors (Lipinski definition) is 1. The van der Waals surface area contributed by atoms with Gasteiger partial charge in [-0.2, -0.15) is 0 Å². The molecule has 0 amide bonds. The zero-order chi connectivity index (χ0) is 14.5. The van der Waals surface area contributed by atoms with Crippen molar-refractivity contribution in [2.75, 3.05) is 31.3 Å². The highest BCUT2D eigenvalue weighted by Crippen LogP contribution is 2.33. The second-order valence-corrected chi connectivity index (χ2v) is 6.46. The standard InChI is InChI=1S/C12H17N5OS2/c1-4-7-18-10-8(13)5-6-9(14-10)19-12-16-15-11(20-12)17(2)3/h5-6H,4,7,13H2,1-3H3. The van der Waals surface area contributed by atoms with E-state index in [2.05, 4.69) is 15.2 Å². The molecule has 0 atom stereocenters. The van der Waals surface area contributed by atoms with Crippen LogP contribution in [0.5, 0.6) is 5.88 Å². The van der Waals surface area contributed by atoms with Crippen LogP contribution in [0.1, 0.15) is 13.3 Å². The van der Waals surface area contributed by atoms with E-state index in [1.165, 1.54) is 23.1 Å². The van der Waals surface area contributed by atoms with Gasteiger partial charge in [0.2, 0.25) is 11.0 Å². The maximum absolute atomic E-state index is 5.84. The zero-order valence-corrected chi connectivity index (χ0v) is 13.3. The normalized spacial score (nSPS) is 10.6. The summed E-state index contributed by atoms with van der Waals surface area (Å²) < 4.78 is 6.36. The van der Waals surface area contributed by atoms with Gasteiger partial charge in [-0.15, -0.1) is 10.2 Å². The van der Waals surface area contributed by atoms with Crippen molar-refractivity contribution in [3.05, 3.63) is 12.1 Å². The van der Waals surface area contributed by atoms with Crippen molar-refractivity contribution in [2.24, 2.45) is 0 Å². The van der Waals surface area contributed by atoms with Crippen LogP contribution in [0, 0.1) is 0 Å². The topological polar surface area (TPSA) is 77.2 Å².